The van der Waals surface area contributed by atoms with E-state index >= 15 is 0 Å². The van der Waals surface area contributed by atoms with Crippen molar-refractivity contribution in [3.8, 4) is 11.3 Å². The summed E-state index contributed by atoms with van der Waals surface area (Å²) in [6.07, 6.45) is -1.82. The first-order valence-electron chi connectivity index (χ1n) is 4.16. The molecule has 0 fully saturated rings. The number of alkyl halides is 2. The van der Waals surface area contributed by atoms with E-state index in [1.54, 1.807) is 0 Å². The summed E-state index contributed by atoms with van der Waals surface area (Å²) in [5.74, 6) is -0.603. The molecule has 0 amide bonds. The van der Waals surface area contributed by atoms with Crippen molar-refractivity contribution in [2.45, 2.75) is 6.43 Å². The minimum Gasteiger partial charge on any atom is -0.443 e. The molecule has 0 unspecified atom stereocenters. The number of nitrogens with zero attached hydrogens (tertiary/aromatic N) is 1. The van der Waals surface area contributed by atoms with Crippen LogP contribution in [0.25, 0.3) is 11.3 Å². The van der Waals surface area contributed by atoms with Crippen LogP contribution in [0.4, 0.5) is 13.2 Å². The Balaban J connectivity index is 2.49. The van der Waals surface area contributed by atoms with Crippen molar-refractivity contribution in [3.63, 3.8) is 0 Å². The van der Waals surface area contributed by atoms with Crippen LogP contribution in [0.2, 0.25) is 0 Å². The fraction of sp³-hybridized carbons (Fsp3) is 0.100. The summed E-state index contributed by atoms with van der Waals surface area (Å²) in [6, 6.07) is 5.24. The highest BCUT2D eigenvalue weighted by Crippen LogP contribution is 2.30. The number of rotatable bonds is 2. The highest BCUT2D eigenvalue weighted by atomic mass is 19.3. The van der Waals surface area contributed by atoms with Crippen LogP contribution in [0.5, 0.6) is 0 Å². The second kappa shape index (κ2) is 3.76. The van der Waals surface area contributed by atoms with Gasteiger partial charge >= 0.3 is 0 Å². The zero-order valence-corrected chi connectivity index (χ0v) is 7.45. The second-order valence-corrected chi connectivity index (χ2v) is 2.88. The molecule has 0 aliphatic rings. The molecule has 0 saturated heterocycles. The monoisotopic (exact) mass is 213 g/mol. The Labute approximate surface area is 83.4 Å². The SMILES string of the molecule is Fc1cccc(-c2ocnc2C(F)F)c1. The first kappa shape index (κ1) is 9.76. The number of benzene rings is 1. The molecule has 2 rings (SSSR count). The zero-order valence-electron chi connectivity index (χ0n) is 7.45. The van der Waals surface area contributed by atoms with Crippen molar-refractivity contribution in [1.82, 2.24) is 4.98 Å². The van der Waals surface area contributed by atoms with Crippen molar-refractivity contribution in [2.24, 2.45) is 0 Å². The summed E-state index contributed by atoms with van der Waals surface area (Å²) in [7, 11) is 0. The van der Waals surface area contributed by atoms with Crippen molar-refractivity contribution < 1.29 is 17.6 Å². The number of aromatic nitrogens is 1. The highest BCUT2D eigenvalue weighted by Gasteiger charge is 2.19. The maximum Gasteiger partial charge on any atom is 0.284 e. The van der Waals surface area contributed by atoms with Crippen molar-refractivity contribution in [1.29, 1.82) is 0 Å². The van der Waals surface area contributed by atoms with Gasteiger partial charge in [-0.2, -0.15) is 0 Å². The fourth-order valence-electron chi connectivity index (χ4n) is 1.26. The van der Waals surface area contributed by atoms with Gasteiger partial charge in [0.2, 0.25) is 0 Å². The van der Waals surface area contributed by atoms with E-state index in [4.69, 9.17) is 4.42 Å². The summed E-state index contributed by atoms with van der Waals surface area (Å²) in [4.78, 5) is 3.38. The summed E-state index contributed by atoms with van der Waals surface area (Å²) in [5, 5.41) is 0. The van der Waals surface area contributed by atoms with Gasteiger partial charge in [0, 0.05) is 5.56 Å². The van der Waals surface area contributed by atoms with Crippen molar-refractivity contribution in [3.05, 3.63) is 42.2 Å². The quantitative estimate of drug-likeness (QED) is 0.763. The number of hydrogen-bond donors (Lipinski definition) is 0. The maximum atomic E-state index is 12.8. The molecule has 5 heteroatoms. The van der Waals surface area contributed by atoms with Crippen molar-refractivity contribution in [2.75, 3.05) is 0 Å². The Hall–Kier alpha value is -1.78. The van der Waals surface area contributed by atoms with Gasteiger partial charge in [-0.05, 0) is 12.1 Å². The molecule has 0 atom stereocenters. The van der Waals surface area contributed by atoms with Gasteiger partial charge in [0.1, 0.15) is 5.82 Å². The van der Waals surface area contributed by atoms with E-state index in [0.717, 1.165) is 12.5 Å². The van der Waals surface area contributed by atoms with Gasteiger partial charge in [-0.3, -0.25) is 0 Å². The third-order valence-corrected chi connectivity index (χ3v) is 1.89. The van der Waals surface area contributed by atoms with Gasteiger partial charge in [-0.15, -0.1) is 0 Å². The molecule has 0 N–H and O–H groups in total. The molecule has 0 aliphatic heterocycles. The topological polar surface area (TPSA) is 26.0 Å². The molecular formula is C10H6F3NO. The lowest BCUT2D eigenvalue weighted by Crippen LogP contribution is -1.88. The van der Waals surface area contributed by atoms with Crippen LogP contribution in [-0.4, -0.2) is 4.98 Å². The standard InChI is InChI=1S/C10H6F3NO/c11-7-3-1-2-6(4-7)9-8(10(12)13)14-5-15-9/h1-5,10H. The number of halogens is 3. The predicted molar refractivity (Wildman–Crippen MR) is 46.9 cm³/mol. The molecule has 0 saturated carbocycles. The largest absolute Gasteiger partial charge is 0.443 e. The average molecular weight is 213 g/mol. The Kier molecular flexibility index (Phi) is 2.45. The molecule has 0 spiro atoms. The fourth-order valence-corrected chi connectivity index (χ4v) is 1.26. The lowest BCUT2D eigenvalue weighted by molar-refractivity contribution is 0.147. The zero-order chi connectivity index (χ0) is 10.8. The van der Waals surface area contributed by atoms with Gasteiger partial charge in [0.15, 0.2) is 17.8 Å². The minimum absolute atomic E-state index is 0.0931. The van der Waals surface area contributed by atoms with E-state index in [1.807, 2.05) is 0 Å². The third kappa shape index (κ3) is 1.86. The van der Waals surface area contributed by atoms with E-state index in [0.29, 0.717) is 0 Å². The van der Waals surface area contributed by atoms with Gasteiger partial charge in [-0.1, -0.05) is 12.1 Å². The van der Waals surface area contributed by atoms with Gasteiger partial charge in [-0.25, -0.2) is 18.2 Å². The lowest BCUT2D eigenvalue weighted by atomic mass is 10.1. The normalized spacial score (nSPS) is 10.9. The Morgan fingerprint density at radius 1 is 1.27 bits per heavy atom. The maximum absolute atomic E-state index is 12.8. The van der Waals surface area contributed by atoms with Gasteiger partial charge < -0.3 is 4.42 Å². The molecule has 1 aromatic carbocycles. The first-order valence-corrected chi connectivity index (χ1v) is 4.16. The smallest absolute Gasteiger partial charge is 0.284 e. The second-order valence-electron chi connectivity index (χ2n) is 2.88. The van der Waals surface area contributed by atoms with Crippen LogP contribution in [0.3, 0.4) is 0 Å². The molecule has 0 bridgehead atoms. The lowest BCUT2D eigenvalue weighted by Gasteiger charge is -1.99. The van der Waals surface area contributed by atoms with Crippen molar-refractivity contribution >= 4 is 0 Å². The Bertz CT molecular complexity index is 467. The molecular weight excluding hydrogens is 207 g/mol. The molecule has 0 aliphatic carbocycles. The van der Waals surface area contributed by atoms with Crippen LogP contribution < -0.4 is 0 Å². The van der Waals surface area contributed by atoms with Crippen LogP contribution in [0.15, 0.2) is 35.1 Å². The van der Waals surface area contributed by atoms with E-state index in [-0.39, 0.29) is 11.3 Å². The van der Waals surface area contributed by atoms with E-state index in [1.165, 1.54) is 18.2 Å². The minimum atomic E-state index is -2.73. The Morgan fingerprint density at radius 2 is 2.07 bits per heavy atom. The van der Waals surface area contributed by atoms with Crippen LogP contribution in [0.1, 0.15) is 12.1 Å². The molecule has 2 nitrogen and oxygen atoms in total. The van der Waals surface area contributed by atoms with Crippen LogP contribution in [-0.2, 0) is 0 Å². The third-order valence-electron chi connectivity index (χ3n) is 1.89. The van der Waals surface area contributed by atoms with Crippen LogP contribution in [0, 0.1) is 5.82 Å². The van der Waals surface area contributed by atoms with E-state index < -0.39 is 17.9 Å². The van der Waals surface area contributed by atoms with E-state index in [2.05, 4.69) is 4.98 Å². The average Bonchev–Trinajstić information content (AvgIpc) is 2.65. The number of oxazole rings is 1. The number of hydrogen-bond acceptors (Lipinski definition) is 2. The molecule has 1 heterocycles. The molecule has 0 radical (unpaired) electrons. The predicted octanol–water partition coefficient (Wildman–Crippen LogP) is 3.42. The Morgan fingerprint density at radius 3 is 2.73 bits per heavy atom. The van der Waals surface area contributed by atoms with Crippen LogP contribution >= 0.6 is 0 Å². The molecule has 2 aromatic rings. The first-order chi connectivity index (χ1) is 7.18. The molecule has 1 aromatic heterocycles. The molecule has 78 valence electrons. The summed E-state index contributed by atoms with van der Waals surface area (Å²) < 4.78 is 42.5. The highest BCUT2D eigenvalue weighted by molar-refractivity contribution is 5.59. The van der Waals surface area contributed by atoms with Gasteiger partial charge in [0.25, 0.3) is 6.43 Å². The summed E-state index contributed by atoms with van der Waals surface area (Å²) in [5.41, 5.74) is -0.219. The van der Waals surface area contributed by atoms with Gasteiger partial charge in [0.05, 0.1) is 0 Å². The molecule has 15 heavy (non-hydrogen) atoms. The summed E-state index contributed by atoms with van der Waals surface area (Å²) in [6.45, 7) is 0. The van der Waals surface area contributed by atoms with E-state index in [9.17, 15) is 13.2 Å². The summed E-state index contributed by atoms with van der Waals surface area (Å²) >= 11 is 0.